The Hall–Kier alpha value is -3.85. The van der Waals surface area contributed by atoms with Gasteiger partial charge in [-0.05, 0) is 89.1 Å². The minimum atomic E-state index is -0.979. The van der Waals surface area contributed by atoms with E-state index in [4.69, 9.17) is 4.74 Å². The van der Waals surface area contributed by atoms with E-state index in [9.17, 15) is 18.8 Å². The molecule has 0 heterocycles. The van der Waals surface area contributed by atoms with E-state index < -0.39 is 23.6 Å². The lowest BCUT2D eigenvalue weighted by Gasteiger charge is -2.07. The van der Waals surface area contributed by atoms with E-state index >= 15 is 0 Å². The molecule has 0 aromatic heterocycles. The quantitative estimate of drug-likeness (QED) is 0.180. The summed E-state index contributed by atoms with van der Waals surface area (Å²) in [6.45, 7) is 1.64. The number of hydrogen-bond acceptors (Lipinski definition) is 5. The normalized spacial score (nSPS) is 10.9. The Morgan fingerprint density at radius 1 is 0.906 bits per heavy atom. The zero-order chi connectivity index (χ0) is 23.1. The summed E-state index contributed by atoms with van der Waals surface area (Å²) < 4.78 is 18.9. The van der Waals surface area contributed by atoms with Crippen LogP contribution in [0.25, 0.3) is 0 Å². The maximum atomic E-state index is 12.9. The average molecular weight is 498 g/mol. The Bertz CT molecular complexity index is 1180. The van der Waals surface area contributed by atoms with Crippen molar-refractivity contribution in [2.45, 2.75) is 6.92 Å². The molecule has 9 heteroatoms. The maximum Gasteiger partial charge on any atom is 0.344 e. The fraction of sp³-hybridized carbons (Fsp3) is 0.0435. The van der Waals surface area contributed by atoms with Crippen LogP contribution >= 0.6 is 15.9 Å². The van der Waals surface area contributed by atoms with Gasteiger partial charge in [0.15, 0.2) is 0 Å². The van der Waals surface area contributed by atoms with Gasteiger partial charge in [-0.15, -0.1) is 0 Å². The molecule has 3 aromatic carbocycles. The van der Waals surface area contributed by atoms with Gasteiger partial charge in [-0.3, -0.25) is 9.59 Å². The largest absolute Gasteiger partial charge is 0.423 e. The Kier molecular flexibility index (Phi) is 7.45. The molecule has 7 nitrogen and oxygen atoms in total. The molecule has 162 valence electrons. The van der Waals surface area contributed by atoms with Crippen molar-refractivity contribution >= 4 is 45.1 Å². The second-order valence-corrected chi connectivity index (χ2v) is 7.35. The number of ether oxygens (including phenoxy) is 1. The molecule has 0 bridgehead atoms. The summed E-state index contributed by atoms with van der Waals surface area (Å²) in [7, 11) is 0. The number of carbonyl (C=O) groups is 3. The fourth-order valence-electron chi connectivity index (χ4n) is 2.52. The van der Waals surface area contributed by atoms with E-state index in [1.807, 2.05) is 0 Å². The molecular formula is C23H17BrFN3O4. The molecule has 0 atom stereocenters. The maximum absolute atomic E-state index is 12.9. The van der Waals surface area contributed by atoms with Crippen LogP contribution in [0.1, 0.15) is 22.8 Å². The van der Waals surface area contributed by atoms with Crippen LogP contribution in [0, 0.1) is 5.82 Å². The average Bonchev–Trinajstić information content (AvgIpc) is 2.79. The third-order valence-electron chi connectivity index (χ3n) is 4.21. The molecule has 0 aliphatic rings. The third kappa shape index (κ3) is 6.08. The van der Waals surface area contributed by atoms with E-state index in [1.54, 1.807) is 55.5 Å². The molecule has 0 spiro atoms. The second kappa shape index (κ2) is 10.5. The van der Waals surface area contributed by atoms with Gasteiger partial charge in [0.05, 0.1) is 11.3 Å². The Labute approximate surface area is 191 Å². The summed E-state index contributed by atoms with van der Waals surface area (Å²) in [6.07, 6.45) is 0. The van der Waals surface area contributed by atoms with Gasteiger partial charge in [0.25, 0.3) is 0 Å². The standard InChI is InChI=1S/C23H17BrFN3O4/c1-14(27-28-22(30)21(29)26-17-10-8-16(25)9-11-17)15-6-12-18(13-7-15)32-23(31)19-4-2-3-5-20(19)24/h2-13H,1H3,(H,26,29)(H,28,30)/b27-14+. The van der Waals surface area contributed by atoms with Gasteiger partial charge in [-0.2, -0.15) is 5.10 Å². The minimum Gasteiger partial charge on any atom is -0.423 e. The van der Waals surface area contributed by atoms with Gasteiger partial charge in [0.1, 0.15) is 11.6 Å². The lowest BCUT2D eigenvalue weighted by atomic mass is 10.1. The van der Waals surface area contributed by atoms with Gasteiger partial charge in [0, 0.05) is 10.2 Å². The van der Waals surface area contributed by atoms with Gasteiger partial charge in [-0.1, -0.05) is 12.1 Å². The number of hydrazone groups is 1. The molecule has 32 heavy (non-hydrogen) atoms. The zero-order valence-corrected chi connectivity index (χ0v) is 18.4. The second-order valence-electron chi connectivity index (χ2n) is 6.49. The van der Waals surface area contributed by atoms with Crippen LogP contribution in [-0.2, 0) is 9.59 Å². The van der Waals surface area contributed by atoms with Crippen LogP contribution in [0.4, 0.5) is 10.1 Å². The smallest absolute Gasteiger partial charge is 0.344 e. The van der Waals surface area contributed by atoms with Crippen LogP contribution in [0.15, 0.2) is 82.4 Å². The number of nitrogens with one attached hydrogen (secondary N) is 2. The highest BCUT2D eigenvalue weighted by molar-refractivity contribution is 9.10. The summed E-state index contributed by atoms with van der Waals surface area (Å²) in [6, 6.07) is 18.4. The molecule has 0 radical (unpaired) electrons. The van der Waals surface area contributed by atoms with E-state index in [2.05, 4.69) is 31.8 Å². The number of esters is 1. The van der Waals surface area contributed by atoms with E-state index in [0.717, 1.165) is 12.1 Å². The first-order valence-corrected chi connectivity index (χ1v) is 10.1. The molecule has 3 rings (SSSR count). The van der Waals surface area contributed by atoms with E-state index in [0.29, 0.717) is 27.1 Å². The van der Waals surface area contributed by atoms with Gasteiger partial charge in [-0.25, -0.2) is 14.6 Å². The van der Waals surface area contributed by atoms with Crippen LogP contribution in [0.5, 0.6) is 5.75 Å². The van der Waals surface area contributed by atoms with E-state index in [-0.39, 0.29) is 5.69 Å². The minimum absolute atomic E-state index is 0.278. The van der Waals surface area contributed by atoms with E-state index in [1.165, 1.54) is 12.1 Å². The number of halogens is 2. The highest BCUT2D eigenvalue weighted by Gasteiger charge is 2.14. The zero-order valence-electron chi connectivity index (χ0n) is 16.8. The number of rotatable bonds is 5. The molecule has 0 aliphatic carbocycles. The van der Waals surface area contributed by atoms with Crippen LogP contribution in [0.2, 0.25) is 0 Å². The number of benzene rings is 3. The number of hydrogen-bond donors (Lipinski definition) is 2. The van der Waals surface area contributed by atoms with Crippen molar-refractivity contribution in [2.75, 3.05) is 5.32 Å². The summed E-state index contributed by atoms with van der Waals surface area (Å²) in [5.74, 6) is -2.54. The highest BCUT2D eigenvalue weighted by atomic mass is 79.9. The number of amides is 2. The van der Waals surface area contributed by atoms with Crippen molar-refractivity contribution < 1.29 is 23.5 Å². The van der Waals surface area contributed by atoms with Crippen molar-refractivity contribution in [3.8, 4) is 5.75 Å². The highest BCUT2D eigenvalue weighted by Crippen LogP contribution is 2.20. The topological polar surface area (TPSA) is 96.9 Å². The monoisotopic (exact) mass is 497 g/mol. The van der Waals surface area contributed by atoms with Gasteiger partial charge < -0.3 is 10.1 Å². The molecule has 0 unspecified atom stereocenters. The molecule has 0 fully saturated rings. The number of nitrogens with zero attached hydrogens (tertiary/aromatic N) is 1. The first-order chi connectivity index (χ1) is 15.3. The number of carbonyl (C=O) groups excluding carboxylic acids is 3. The van der Waals surface area contributed by atoms with Crippen molar-refractivity contribution in [1.82, 2.24) is 5.43 Å². The lowest BCUT2D eigenvalue weighted by Crippen LogP contribution is -2.32. The molecule has 3 aromatic rings. The summed E-state index contributed by atoms with van der Waals surface area (Å²) in [5.41, 5.74) is 3.91. The predicted octanol–water partition coefficient (Wildman–Crippen LogP) is 4.29. The summed E-state index contributed by atoms with van der Waals surface area (Å²) in [5, 5.41) is 6.24. The van der Waals surface area contributed by atoms with Crippen LogP contribution in [0.3, 0.4) is 0 Å². The Balaban J connectivity index is 1.57. The third-order valence-corrected chi connectivity index (χ3v) is 4.90. The van der Waals surface area contributed by atoms with Gasteiger partial charge in [0.2, 0.25) is 0 Å². The molecule has 0 saturated carbocycles. The van der Waals surface area contributed by atoms with Crippen LogP contribution in [-0.4, -0.2) is 23.5 Å². The first kappa shape index (κ1) is 22.8. The Morgan fingerprint density at radius 3 is 2.22 bits per heavy atom. The molecular weight excluding hydrogens is 481 g/mol. The van der Waals surface area contributed by atoms with Crippen molar-refractivity contribution in [2.24, 2.45) is 5.10 Å². The molecule has 0 aliphatic heterocycles. The van der Waals surface area contributed by atoms with Crippen molar-refractivity contribution in [3.63, 3.8) is 0 Å². The predicted molar refractivity (Wildman–Crippen MR) is 121 cm³/mol. The summed E-state index contributed by atoms with van der Waals surface area (Å²) in [4.78, 5) is 36.1. The summed E-state index contributed by atoms with van der Waals surface area (Å²) >= 11 is 3.31. The fourth-order valence-corrected chi connectivity index (χ4v) is 2.97. The molecule has 0 saturated heterocycles. The molecule has 2 amide bonds. The van der Waals surface area contributed by atoms with Gasteiger partial charge >= 0.3 is 17.8 Å². The Morgan fingerprint density at radius 2 is 1.56 bits per heavy atom. The lowest BCUT2D eigenvalue weighted by molar-refractivity contribution is -0.136. The molecule has 2 N–H and O–H groups in total. The van der Waals surface area contributed by atoms with Crippen LogP contribution < -0.4 is 15.5 Å². The number of anilines is 1. The van der Waals surface area contributed by atoms with Crippen molar-refractivity contribution in [1.29, 1.82) is 0 Å². The SMILES string of the molecule is C/C(=N\NC(=O)C(=O)Nc1ccc(F)cc1)c1ccc(OC(=O)c2ccccc2Br)cc1. The van der Waals surface area contributed by atoms with Crippen molar-refractivity contribution in [3.05, 3.63) is 94.2 Å². The first-order valence-electron chi connectivity index (χ1n) is 9.32.